The fourth-order valence-electron chi connectivity index (χ4n) is 4.63. The lowest BCUT2D eigenvalue weighted by atomic mass is 10.2. The first kappa shape index (κ1) is 27.0. The van der Waals surface area contributed by atoms with Crippen LogP contribution in [-0.4, -0.2) is 96.5 Å². The second-order valence-corrected chi connectivity index (χ2v) is 13.1. The van der Waals surface area contributed by atoms with Crippen molar-refractivity contribution in [3.8, 4) is 0 Å². The van der Waals surface area contributed by atoms with Crippen molar-refractivity contribution in [2.24, 2.45) is 0 Å². The minimum Gasteiger partial charge on any atom is -0.355 e. The Morgan fingerprint density at radius 2 is 1.67 bits per heavy atom. The Morgan fingerprint density at radius 1 is 1.00 bits per heavy atom. The fourth-order valence-corrected chi connectivity index (χ4v) is 6.70. The predicted octanol–water partition coefficient (Wildman–Crippen LogP) is 3.38. The monoisotopic (exact) mass is 529 g/mol. The first-order chi connectivity index (χ1) is 17.3. The number of para-hydroxylation sites is 1. The van der Waals surface area contributed by atoms with Crippen molar-refractivity contribution in [1.82, 2.24) is 19.4 Å². The van der Waals surface area contributed by atoms with E-state index in [-0.39, 0.29) is 5.91 Å². The largest absolute Gasteiger partial charge is 0.355 e. The number of carbonyl (C=O) groups is 1. The molecule has 36 heavy (non-hydrogen) atoms. The van der Waals surface area contributed by atoms with E-state index >= 15 is 0 Å². The molecule has 2 aromatic carbocycles. The number of benzene rings is 2. The maximum atomic E-state index is 13.2. The van der Waals surface area contributed by atoms with E-state index in [1.807, 2.05) is 27.1 Å². The molecule has 1 unspecified atom stereocenters. The fraction of sp³-hybridized carbons (Fsp3) is 0.481. The molecule has 7 nitrogen and oxygen atoms in total. The van der Waals surface area contributed by atoms with Crippen LogP contribution in [0.1, 0.15) is 19.8 Å². The van der Waals surface area contributed by atoms with Crippen LogP contribution in [0.4, 0.5) is 11.4 Å². The van der Waals surface area contributed by atoms with Crippen molar-refractivity contribution >= 4 is 44.6 Å². The van der Waals surface area contributed by atoms with E-state index in [4.69, 9.17) is 0 Å². The van der Waals surface area contributed by atoms with Crippen LogP contribution in [0, 0.1) is 0 Å². The topological polar surface area (TPSA) is 59.1 Å². The number of fused-ring (bicyclic) bond motifs is 2. The summed E-state index contributed by atoms with van der Waals surface area (Å²) in [6.45, 7) is 9.68. The molecule has 1 amide bonds. The molecular formula is C27H39N5O2S2. The lowest BCUT2D eigenvalue weighted by Gasteiger charge is -2.36. The van der Waals surface area contributed by atoms with Gasteiger partial charge in [0.25, 0.3) is 0 Å². The molecule has 4 rings (SSSR count). The molecule has 1 atom stereocenters. The van der Waals surface area contributed by atoms with Crippen molar-refractivity contribution in [3.63, 3.8) is 0 Å². The molecule has 2 aromatic rings. The summed E-state index contributed by atoms with van der Waals surface area (Å²) < 4.78 is 15.0. The number of amides is 1. The van der Waals surface area contributed by atoms with Gasteiger partial charge in [-0.3, -0.25) is 9.69 Å². The Bertz CT molecular complexity index is 1160. The Kier molecular flexibility index (Phi) is 9.00. The lowest BCUT2D eigenvalue weighted by molar-refractivity contribution is -0.120. The van der Waals surface area contributed by atoms with E-state index < -0.39 is 9.71 Å². The molecule has 2 aliphatic rings. The van der Waals surface area contributed by atoms with Crippen molar-refractivity contribution in [1.29, 1.82) is 0 Å². The molecule has 1 saturated heterocycles. The third-order valence-corrected chi connectivity index (χ3v) is 10.2. The summed E-state index contributed by atoms with van der Waals surface area (Å²) in [6.07, 6.45) is 1.59. The van der Waals surface area contributed by atoms with Crippen molar-refractivity contribution in [2.45, 2.75) is 34.5 Å². The highest BCUT2D eigenvalue weighted by atomic mass is 32.2. The van der Waals surface area contributed by atoms with Gasteiger partial charge in [0.15, 0.2) is 0 Å². The van der Waals surface area contributed by atoms with E-state index in [0.29, 0.717) is 6.42 Å². The molecule has 1 fully saturated rings. The molecule has 9 heteroatoms. The second kappa shape index (κ2) is 12.0. The third-order valence-electron chi connectivity index (χ3n) is 6.95. The van der Waals surface area contributed by atoms with E-state index in [9.17, 15) is 9.00 Å². The van der Waals surface area contributed by atoms with Gasteiger partial charge in [0, 0.05) is 66.9 Å². The molecule has 0 spiro atoms. The van der Waals surface area contributed by atoms with Gasteiger partial charge in [-0.25, -0.2) is 8.51 Å². The van der Waals surface area contributed by atoms with Gasteiger partial charge in [-0.15, -0.1) is 0 Å². The SMILES string of the molecule is C=S(=O)(c1ccc2c(c1)N(CCCN1CCN(CCNC(=O)CC)CC1)c1ccccc1S2)N(C)C. The Labute approximate surface area is 221 Å². The maximum absolute atomic E-state index is 13.2. The van der Waals surface area contributed by atoms with Crippen molar-refractivity contribution < 1.29 is 9.00 Å². The number of hydrogen-bond acceptors (Lipinski definition) is 6. The van der Waals surface area contributed by atoms with E-state index in [1.165, 1.54) is 15.5 Å². The van der Waals surface area contributed by atoms with Gasteiger partial charge in [-0.1, -0.05) is 30.8 Å². The Balaban J connectivity index is 1.38. The minimum absolute atomic E-state index is 0.124. The summed E-state index contributed by atoms with van der Waals surface area (Å²) in [5.41, 5.74) is 2.33. The van der Waals surface area contributed by atoms with Gasteiger partial charge in [-0.2, -0.15) is 0 Å². The van der Waals surface area contributed by atoms with E-state index in [1.54, 1.807) is 16.1 Å². The van der Waals surface area contributed by atoms with Crippen LogP contribution in [-0.2, 0) is 14.5 Å². The van der Waals surface area contributed by atoms with Gasteiger partial charge in [0.05, 0.1) is 21.1 Å². The van der Waals surface area contributed by atoms with Crippen LogP contribution < -0.4 is 10.2 Å². The summed E-state index contributed by atoms with van der Waals surface area (Å²) in [6, 6.07) is 14.7. The molecule has 2 heterocycles. The van der Waals surface area contributed by atoms with Gasteiger partial charge < -0.3 is 15.1 Å². The molecule has 0 aliphatic carbocycles. The molecule has 0 saturated carbocycles. The highest BCUT2D eigenvalue weighted by molar-refractivity contribution is 8.00. The zero-order valence-electron chi connectivity index (χ0n) is 21.7. The smallest absolute Gasteiger partial charge is 0.219 e. The van der Waals surface area contributed by atoms with Crippen LogP contribution in [0.3, 0.4) is 0 Å². The zero-order chi connectivity index (χ0) is 25.7. The normalized spacial score (nSPS) is 17.9. The van der Waals surface area contributed by atoms with Crippen LogP contribution in [0.5, 0.6) is 0 Å². The molecule has 196 valence electrons. The van der Waals surface area contributed by atoms with Crippen molar-refractivity contribution in [2.75, 3.05) is 71.4 Å². The molecule has 2 aliphatic heterocycles. The second-order valence-electron chi connectivity index (χ2n) is 9.54. The van der Waals surface area contributed by atoms with Gasteiger partial charge >= 0.3 is 0 Å². The Hall–Kier alpha value is -2.04. The quantitative estimate of drug-likeness (QED) is 0.477. The molecule has 0 bridgehead atoms. The van der Waals surface area contributed by atoms with Crippen LogP contribution in [0.15, 0.2) is 57.2 Å². The number of rotatable bonds is 10. The Morgan fingerprint density at radius 3 is 2.36 bits per heavy atom. The number of nitrogens with one attached hydrogen (secondary N) is 1. The lowest BCUT2D eigenvalue weighted by Crippen LogP contribution is -2.48. The average molecular weight is 530 g/mol. The number of carbonyl (C=O) groups excluding carboxylic acids is 1. The first-order valence-electron chi connectivity index (χ1n) is 12.7. The minimum atomic E-state index is -2.51. The number of anilines is 2. The summed E-state index contributed by atoms with van der Waals surface area (Å²) in [5.74, 6) is 4.14. The van der Waals surface area contributed by atoms with E-state index in [2.05, 4.69) is 62.3 Å². The standard InChI is InChI=1S/C27H39N5O2S2/c1-5-27(33)28-13-16-31-19-17-30(18-20-31)14-8-15-32-23-9-6-7-10-25(23)35-26-12-11-22(21-24(26)32)36(4,34)29(2)3/h6-7,9-12,21H,4-5,8,13-20H2,1-3H3,(H,28,33). The number of piperazine rings is 1. The average Bonchev–Trinajstić information content (AvgIpc) is 2.88. The van der Waals surface area contributed by atoms with Gasteiger partial charge in [0.2, 0.25) is 5.91 Å². The van der Waals surface area contributed by atoms with E-state index in [0.717, 1.165) is 69.4 Å². The zero-order valence-corrected chi connectivity index (χ0v) is 23.4. The summed E-state index contributed by atoms with van der Waals surface area (Å²) in [7, 11) is 1.13. The van der Waals surface area contributed by atoms with Crippen LogP contribution in [0.25, 0.3) is 0 Å². The first-order valence-corrected chi connectivity index (χ1v) is 15.2. The predicted molar refractivity (Wildman–Crippen MR) is 152 cm³/mol. The van der Waals surface area contributed by atoms with Gasteiger partial charge in [0.1, 0.15) is 0 Å². The maximum Gasteiger partial charge on any atom is 0.219 e. The number of hydrogen-bond donors (Lipinski definition) is 1. The van der Waals surface area contributed by atoms with Crippen LogP contribution in [0.2, 0.25) is 0 Å². The molecular weight excluding hydrogens is 490 g/mol. The third kappa shape index (κ3) is 6.26. The highest BCUT2D eigenvalue weighted by Crippen LogP contribution is 2.48. The molecule has 0 radical (unpaired) electrons. The number of nitrogens with zero attached hydrogens (tertiary/aromatic N) is 4. The highest BCUT2D eigenvalue weighted by Gasteiger charge is 2.25. The van der Waals surface area contributed by atoms with Gasteiger partial charge in [-0.05, 0) is 63.3 Å². The summed E-state index contributed by atoms with van der Waals surface area (Å²) in [5, 5.41) is 2.97. The van der Waals surface area contributed by atoms with Crippen LogP contribution >= 0.6 is 11.8 Å². The molecule has 0 aromatic heterocycles. The summed E-state index contributed by atoms with van der Waals surface area (Å²) >= 11 is 1.77. The van der Waals surface area contributed by atoms with Crippen molar-refractivity contribution in [3.05, 3.63) is 42.5 Å². The molecule has 1 N–H and O–H groups in total. The summed E-state index contributed by atoms with van der Waals surface area (Å²) in [4.78, 5) is 22.0.